The van der Waals surface area contributed by atoms with Crippen molar-refractivity contribution >= 4 is 22.1 Å². The molecule has 0 atom stereocenters. The molecular weight excluding hydrogens is 410 g/mol. The van der Waals surface area contributed by atoms with Gasteiger partial charge in [-0.2, -0.15) is 4.31 Å². The van der Waals surface area contributed by atoms with Crippen LogP contribution in [0.3, 0.4) is 0 Å². The van der Waals surface area contributed by atoms with E-state index in [9.17, 15) is 13.2 Å². The lowest BCUT2D eigenvalue weighted by molar-refractivity contribution is -0.134. The highest BCUT2D eigenvalue weighted by Crippen LogP contribution is 2.37. The Morgan fingerprint density at radius 2 is 1.67 bits per heavy atom. The van der Waals surface area contributed by atoms with Gasteiger partial charge in [-0.05, 0) is 29.8 Å². The molecule has 0 saturated carbocycles. The summed E-state index contributed by atoms with van der Waals surface area (Å²) in [5.74, 6) is 0.301. The van der Waals surface area contributed by atoms with Crippen LogP contribution in [0.5, 0.6) is 17.2 Å². The van der Waals surface area contributed by atoms with Gasteiger partial charge in [-0.25, -0.2) is 13.2 Å². The first kappa shape index (κ1) is 23.2. The predicted molar refractivity (Wildman–Crippen MR) is 112 cm³/mol. The van der Waals surface area contributed by atoms with E-state index >= 15 is 0 Å². The molecule has 0 aliphatic carbocycles. The van der Waals surface area contributed by atoms with Gasteiger partial charge in [0.1, 0.15) is 10.6 Å². The summed E-state index contributed by atoms with van der Waals surface area (Å²) >= 11 is 0. The van der Waals surface area contributed by atoms with Gasteiger partial charge in [0.25, 0.3) is 0 Å². The zero-order valence-corrected chi connectivity index (χ0v) is 18.4. The third-order valence-corrected chi connectivity index (χ3v) is 6.16. The fourth-order valence-electron chi connectivity index (χ4n) is 2.80. The zero-order valence-electron chi connectivity index (χ0n) is 17.5. The maximum atomic E-state index is 13.4. The number of para-hydroxylation sites is 1. The number of methoxy groups -OCH3 is 4. The number of ether oxygens (including phenoxy) is 4. The first-order chi connectivity index (χ1) is 14.3. The standard InChI is InChI=1S/C21H25NO7S/c1-22(14-16-8-6-7-9-17(16)26-2)30(24,25)19-13-15(10-11-20(23)28-4)12-18(27-3)21(19)29-5/h6-13H,14H2,1-5H3/b11-10+. The first-order valence-corrected chi connectivity index (χ1v) is 10.3. The summed E-state index contributed by atoms with van der Waals surface area (Å²) in [7, 11) is 3.03. The Morgan fingerprint density at radius 1 is 1.00 bits per heavy atom. The largest absolute Gasteiger partial charge is 0.496 e. The maximum Gasteiger partial charge on any atom is 0.330 e. The summed E-state index contributed by atoms with van der Waals surface area (Å²) < 4.78 is 48.4. The van der Waals surface area contributed by atoms with Crippen LogP contribution in [0, 0.1) is 0 Å². The molecule has 2 aromatic rings. The number of rotatable bonds is 9. The minimum atomic E-state index is -3.98. The van der Waals surface area contributed by atoms with E-state index in [-0.39, 0.29) is 22.9 Å². The minimum absolute atomic E-state index is 0.0691. The second-order valence-corrected chi connectivity index (χ2v) is 8.20. The van der Waals surface area contributed by atoms with Gasteiger partial charge in [0.05, 0.1) is 28.4 Å². The van der Waals surface area contributed by atoms with E-state index in [4.69, 9.17) is 14.2 Å². The van der Waals surface area contributed by atoms with E-state index in [0.29, 0.717) is 16.9 Å². The SMILES string of the molecule is COC(=O)/C=C/c1cc(OC)c(OC)c(S(=O)(=O)N(C)Cc2ccccc2OC)c1. The van der Waals surface area contributed by atoms with Crippen LogP contribution in [0.25, 0.3) is 6.08 Å². The molecule has 0 aliphatic rings. The van der Waals surface area contributed by atoms with E-state index < -0.39 is 16.0 Å². The summed E-state index contributed by atoms with van der Waals surface area (Å²) in [6.45, 7) is 0.0834. The molecule has 0 unspecified atom stereocenters. The van der Waals surface area contributed by atoms with Crippen molar-refractivity contribution in [1.82, 2.24) is 4.31 Å². The van der Waals surface area contributed by atoms with Gasteiger partial charge in [0.2, 0.25) is 10.0 Å². The third kappa shape index (κ3) is 5.11. The molecule has 2 rings (SSSR count). The van der Waals surface area contributed by atoms with E-state index in [0.717, 1.165) is 0 Å². The van der Waals surface area contributed by atoms with Crippen molar-refractivity contribution in [2.75, 3.05) is 35.5 Å². The monoisotopic (exact) mass is 435 g/mol. The van der Waals surface area contributed by atoms with E-state index in [1.165, 1.54) is 58.0 Å². The van der Waals surface area contributed by atoms with Crippen molar-refractivity contribution in [2.24, 2.45) is 0 Å². The molecule has 9 heteroatoms. The summed E-state index contributed by atoms with van der Waals surface area (Å²) in [6.07, 6.45) is 2.63. The van der Waals surface area contributed by atoms with Gasteiger partial charge in [0.15, 0.2) is 11.5 Å². The van der Waals surface area contributed by atoms with Crippen molar-refractivity contribution in [3.63, 3.8) is 0 Å². The molecule has 0 bridgehead atoms. The minimum Gasteiger partial charge on any atom is -0.496 e. The fraction of sp³-hybridized carbons (Fsp3) is 0.286. The van der Waals surface area contributed by atoms with Gasteiger partial charge < -0.3 is 18.9 Å². The zero-order chi connectivity index (χ0) is 22.3. The molecule has 0 amide bonds. The molecule has 30 heavy (non-hydrogen) atoms. The average molecular weight is 435 g/mol. The number of esters is 1. The van der Waals surface area contributed by atoms with E-state index in [1.54, 1.807) is 24.3 Å². The first-order valence-electron chi connectivity index (χ1n) is 8.88. The summed E-state index contributed by atoms with van der Waals surface area (Å²) in [6, 6.07) is 10.1. The van der Waals surface area contributed by atoms with E-state index in [2.05, 4.69) is 4.74 Å². The molecule has 0 aliphatic heterocycles. The highest BCUT2D eigenvalue weighted by molar-refractivity contribution is 7.89. The highest BCUT2D eigenvalue weighted by Gasteiger charge is 2.28. The van der Waals surface area contributed by atoms with Crippen LogP contribution >= 0.6 is 0 Å². The molecule has 0 radical (unpaired) electrons. The van der Waals surface area contributed by atoms with Crippen LogP contribution in [-0.4, -0.2) is 54.2 Å². The van der Waals surface area contributed by atoms with E-state index in [1.807, 2.05) is 6.07 Å². The molecule has 0 spiro atoms. The van der Waals surface area contributed by atoms with Crippen molar-refractivity contribution in [3.8, 4) is 17.2 Å². The molecule has 0 heterocycles. The van der Waals surface area contributed by atoms with Crippen LogP contribution in [0.1, 0.15) is 11.1 Å². The number of hydrogen-bond donors (Lipinski definition) is 0. The van der Waals surface area contributed by atoms with Crippen molar-refractivity contribution in [3.05, 3.63) is 53.6 Å². The number of nitrogens with zero attached hydrogens (tertiary/aromatic N) is 1. The molecule has 8 nitrogen and oxygen atoms in total. The Bertz CT molecular complexity index is 1030. The van der Waals surface area contributed by atoms with Crippen LogP contribution in [-0.2, 0) is 26.1 Å². The van der Waals surface area contributed by atoms with Crippen molar-refractivity contribution in [2.45, 2.75) is 11.4 Å². The van der Waals surface area contributed by atoms with Gasteiger partial charge in [-0.15, -0.1) is 0 Å². The second-order valence-electron chi connectivity index (χ2n) is 6.18. The number of sulfonamides is 1. The summed E-state index contributed by atoms with van der Waals surface area (Å²) in [5.41, 5.74) is 1.14. The topological polar surface area (TPSA) is 91.4 Å². The molecule has 0 saturated heterocycles. The Kier molecular flexibility index (Phi) is 7.85. The molecule has 162 valence electrons. The second kappa shape index (κ2) is 10.1. The highest BCUT2D eigenvalue weighted by atomic mass is 32.2. The summed E-state index contributed by atoms with van der Waals surface area (Å²) in [4.78, 5) is 11.3. The number of hydrogen-bond acceptors (Lipinski definition) is 7. The number of benzene rings is 2. The summed E-state index contributed by atoms with van der Waals surface area (Å²) in [5, 5.41) is 0. The van der Waals surface area contributed by atoms with Crippen molar-refractivity contribution < 1.29 is 32.2 Å². The van der Waals surface area contributed by atoms with Crippen LogP contribution < -0.4 is 14.2 Å². The molecule has 0 aromatic heterocycles. The lowest BCUT2D eigenvalue weighted by atomic mass is 10.2. The van der Waals surface area contributed by atoms with Crippen molar-refractivity contribution in [1.29, 1.82) is 0 Å². The molecule has 0 N–H and O–H groups in total. The Balaban J connectivity index is 2.52. The lowest BCUT2D eigenvalue weighted by Gasteiger charge is -2.21. The van der Waals surface area contributed by atoms with Gasteiger partial charge >= 0.3 is 5.97 Å². The van der Waals surface area contributed by atoms with Crippen LogP contribution in [0.2, 0.25) is 0 Å². The Hall–Kier alpha value is -3.04. The Morgan fingerprint density at radius 3 is 2.27 bits per heavy atom. The van der Waals surface area contributed by atoms with Crippen LogP contribution in [0.4, 0.5) is 0 Å². The molecule has 2 aromatic carbocycles. The number of carbonyl (C=O) groups is 1. The lowest BCUT2D eigenvalue weighted by Crippen LogP contribution is -2.27. The fourth-order valence-corrected chi connectivity index (χ4v) is 4.14. The maximum absolute atomic E-state index is 13.4. The quantitative estimate of drug-likeness (QED) is 0.442. The van der Waals surface area contributed by atoms with Crippen LogP contribution in [0.15, 0.2) is 47.4 Å². The smallest absolute Gasteiger partial charge is 0.330 e. The normalized spacial score (nSPS) is 11.5. The van der Waals surface area contributed by atoms with Gasteiger partial charge in [-0.3, -0.25) is 0 Å². The molecular formula is C21H25NO7S. The van der Waals surface area contributed by atoms with Gasteiger partial charge in [-0.1, -0.05) is 18.2 Å². The average Bonchev–Trinajstić information content (AvgIpc) is 2.76. The third-order valence-electron chi connectivity index (χ3n) is 4.35. The van der Waals surface area contributed by atoms with Gasteiger partial charge in [0, 0.05) is 25.2 Å². The Labute approximate surface area is 176 Å². The molecule has 0 fully saturated rings. The predicted octanol–water partition coefficient (Wildman–Crippen LogP) is 2.72. The number of carbonyl (C=O) groups excluding carboxylic acids is 1.